The molecule has 0 fully saturated rings. The predicted molar refractivity (Wildman–Crippen MR) is 50.7 cm³/mol. The van der Waals surface area contributed by atoms with Crippen molar-refractivity contribution in [1.82, 2.24) is 0 Å². The van der Waals surface area contributed by atoms with Gasteiger partial charge in [-0.3, -0.25) is 4.79 Å². The number of carbonyl (C=O) groups is 1. The van der Waals surface area contributed by atoms with E-state index in [0.29, 0.717) is 12.1 Å². The topological polar surface area (TPSA) is 87.1 Å². The second-order valence-electron chi connectivity index (χ2n) is 3.23. The van der Waals surface area contributed by atoms with Gasteiger partial charge in [0.2, 0.25) is 0 Å². The molecule has 0 saturated carbocycles. The molecule has 3 N–H and O–H groups in total. The van der Waals surface area contributed by atoms with Gasteiger partial charge in [-0.25, -0.2) is 0 Å². The van der Waals surface area contributed by atoms with E-state index in [1.807, 2.05) is 0 Å². The van der Waals surface area contributed by atoms with E-state index >= 15 is 0 Å². The summed E-state index contributed by atoms with van der Waals surface area (Å²) in [6, 6.07) is 2.16. The van der Waals surface area contributed by atoms with Gasteiger partial charge in [0.05, 0.1) is 17.2 Å². The molecular weight excluding hydrogens is 237 g/mol. The molecule has 4 nitrogen and oxygen atoms in total. The Morgan fingerprint density at radius 2 is 2.06 bits per heavy atom. The molecule has 1 aromatic carbocycles. The molecule has 0 radical (unpaired) electrons. The number of rotatable bonds is 2. The predicted octanol–water partition coefficient (Wildman–Crippen LogP) is 1.66. The highest BCUT2D eigenvalue weighted by atomic mass is 19.4. The lowest BCUT2D eigenvalue weighted by molar-refractivity contribution is -0.138. The monoisotopic (exact) mass is 244 g/mol. The largest absolute Gasteiger partial charge is 0.480 e. The van der Waals surface area contributed by atoms with Crippen LogP contribution in [0.4, 0.5) is 13.2 Å². The van der Waals surface area contributed by atoms with E-state index in [1.165, 1.54) is 6.07 Å². The van der Waals surface area contributed by atoms with Crippen molar-refractivity contribution in [2.75, 3.05) is 0 Å². The van der Waals surface area contributed by atoms with Gasteiger partial charge in [0, 0.05) is 0 Å². The average Bonchev–Trinajstić information content (AvgIpc) is 2.25. The lowest BCUT2D eigenvalue weighted by Crippen LogP contribution is -2.22. The number of nitriles is 1. The molecule has 0 amide bonds. The number of hydrogen-bond donors (Lipinski definition) is 2. The lowest BCUT2D eigenvalue weighted by Gasteiger charge is -2.12. The lowest BCUT2D eigenvalue weighted by atomic mass is 9.99. The van der Waals surface area contributed by atoms with Crippen molar-refractivity contribution in [2.45, 2.75) is 12.2 Å². The Balaban J connectivity index is 3.30. The molecule has 7 heteroatoms. The van der Waals surface area contributed by atoms with Crippen LogP contribution in [0.1, 0.15) is 22.7 Å². The number of alkyl halides is 3. The third-order valence-electron chi connectivity index (χ3n) is 2.10. The van der Waals surface area contributed by atoms with Gasteiger partial charge >= 0.3 is 12.1 Å². The summed E-state index contributed by atoms with van der Waals surface area (Å²) >= 11 is 0. The van der Waals surface area contributed by atoms with Crippen LogP contribution >= 0.6 is 0 Å². The number of benzene rings is 1. The van der Waals surface area contributed by atoms with Crippen molar-refractivity contribution in [3.63, 3.8) is 0 Å². The summed E-state index contributed by atoms with van der Waals surface area (Å²) in [5.74, 6) is -1.42. The summed E-state index contributed by atoms with van der Waals surface area (Å²) in [4.78, 5) is 10.6. The fourth-order valence-corrected chi connectivity index (χ4v) is 1.23. The summed E-state index contributed by atoms with van der Waals surface area (Å²) in [6.07, 6.45) is -4.59. The average molecular weight is 244 g/mol. The highest BCUT2D eigenvalue weighted by molar-refractivity contribution is 5.76. The summed E-state index contributed by atoms with van der Waals surface area (Å²) < 4.78 is 37.0. The van der Waals surface area contributed by atoms with Gasteiger partial charge in [-0.1, -0.05) is 6.07 Å². The van der Waals surface area contributed by atoms with Crippen LogP contribution in [0.3, 0.4) is 0 Å². The van der Waals surface area contributed by atoms with Crippen molar-refractivity contribution in [3.8, 4) is 6.07 Å². The molecule has 1 atom stereocenters. The molecule has 17 heavy (non-hydrogen) atoms. The van der Waals surface area contributed by atoms with Crippen LogP contribution in [0.2, 0.25) is 0 Å². The standard InChI is InChI=1S/C10H7F3N2O2/c11-10(12,13)6-1-2-7(5(3-6)4-14)8(15)9(16)17/h1-3,8H,15H2,(H,16,17)/t8-/m0/s1. The summed E-state index contributed by atoms with van der Waals surface area (Å²) in [7, 11) is 0. The Morgan fingerprint density at radius 3 is 2.47 bits per heavy atom. The SMILES string of the molecule is N#Cc1cc(C(F)(F)F)ccc1[C@H](N)C(=O)O. The third kappa shape index (κ3) is 2.73. The van der Waals surface area contributed by atoms with Gasteiger partial charge in [0.1, 0.15) is 6.04 Å². The molecule has 0 aliphatic carbocycles. The molecule has 0 saturated heterocycles. The number of carboxylic acid groups (broad SMARTS) is 1. The zero-order chi connectivity index (χ0) is 13.2. The zero-order valence-electron chi connectivity index (χ0n) is 8.32. The highest BCUT2D eigenvalue weighted by Crippen LogP contribution is 2.31. The van der Waals surface area contributed by atoms with Gasteiger partial charge in [0.25, 0.3) is 0 Å². The molecule has 90 valence electrons. The number of carboxylic acids is 1. The minimum absolute atomic E-state index is 0.145. The maximum atomic E-state index is 12.3. The molecule has 0 aromatic heterocycles. The third-order valence-corrected chi connectivity index (χ3v) is 2.10. The maximum absolute atomic E-state index is 12.3. The minimum Gasteiger partial charge on any atom is -0.480 e. The Morgan fingerprint density at radius 1 is 1.47 bits per heavy atom. The van der Waals surface area contributed by atoms with Crippen LogP contribution in [0.5, 0.6) is 0 Å². The van der Waals surface area contributed by atoms with Crippen molar-refractivity contribution in [2.24, 2.45) is 5.73 Å². The highest BCUT2D eigenvalue weighted by Gasteiger charge is 2.31. The molecule has 0 aliphatic heterocycles. The number of nitrogens with two attached hydrogens (primary N) is 1. The van der Waals surface area contributed by atoms with E-state index in [-0.39, 0.29) is 5.56 Å². The molecule has 1 rings (SSSR count). The second-order valence-corrected chi connectivity index (χ2v) is 3.23. The first-order valence-electron chi connectivity index (χ1n) is 4.37. The molecule has 0 heterocycles. The fourth-order valence-electron chi connectivity index (χ4n) is 1.23. The van der Waals surface area contributed by atoms with Crippen LogP contribution in [0.25, 0.3) is 0 Å². The van der Waals surface area contributed by atoms with Crippen LogP contribution in [-0.4, -0.2) is 11.1 Å². The van der Waals surface area contributed by atoms with E-state index in [4.69, 9.17) is 16.1 Å². The van der Waals surface area contributed by atoms with Crippen molar-refractivity contribution < 1.29 is 23.1 Å². The van der Waals surface area contributed by atoms with Crippen molar-refractivity contribution in [1.29, 1.82) is 5.26 Å². The normalized spacial score (nSPS) is 12.9. The fraction of sp³-hybridized carbons (Fsp3) is 0.200. The maximum Gasteiger partial charge on any atom is 0.416 e. The van der Waals surface area contributed by atoms with Crippen molar-refractivity contribution in [3.05, 3.63) is 34.9 Å². The van der Waals surface area contributed by atoms with Gasteiger partial charge < -0.3 is 10.8 Å². The second kappa shape index (κ2) is 4.43. The Bertz CT molecular complexity index is 491. The number of hydrogen-bond acceptors (Lipinski definition) is 3. The number of nitrogens with zero attached hydrogens (tertiary/aromatic N) is 1. The first-order valence-corrected chi connectivity index (χ1v) is 4.37. The van der Waals surface area contributed by atoms with Crippen LogP contribution < -0.4 is 5.73 Å². The first kappa shape index (κ1) is 13.0. The Kier molecular flexibility index (Phi) is 3.39. The molecule has 0 bridgehead atoms. The Hall–Kier alpha value is -2.07. The number of halogens is 3. The minimum atomic E-state index is -4.59. The summed E-state index contributed by atoms with van der Waals surface area (Å²) in [6.45, 7) is 0. The summed E-state index contributed by atoms with van der Waals surface area (Å²) in [5.41, 5.74) is 3.68. The smallest absolute Gasteiger partial charge is 0.416 e. The van der Waals surface area contributed by atoms with E-state index in [9.17, 15) is 18.0 Å². The molecule has 0 spiro atoms. The number of aliphatic carboxylic acids is 1. The van der Waals surface area contributed by atoms with Crippen LogP contribution in [-0.2, 0) is 11.0 Å². The van der Waals surface area contributed by atoms with E-state index in [2.05, 4.69) is 0 Å². The van der Waals surface area contributed by atoms with Gasteiger partial charge in [-0.05, 0) is 17.7 Å². The van der Waals surface area contributed by atoms with E-state index < -0.39 is 29.3 Å². The van der Waals surface area contributed by atoms with Crippen LogP contribution in [0, 0.1) is 11.3 Å². The van der Waals surface area contributed by atoms with Gasteiger partial charge in [-0.15, -0.1) is 0 Å². The molecule has 1 aromatic rings. The first-order chi connectivity index (χ1) is 7.77. The van der Waals surface area contributed by atoms with E-state index in [0.717, 1.165) is 6.07 Å². The van der Waals surface area contributed by atoms with Gasteiger partial charge in [-0.2, -0.15) is 18.4 Å². The van der Waals surface area contributed by atoms with Crippen LogP contribution in [0.15, 0.2) is 18.2 Å². The van der Waals surface area contributed by atoms with Gasteiger partial charge in [0.15, 0.2) is 0 Å². The Labute approximate surface area is 94.1 Å². The molecule has 0 unspecified atom stereocenters. The summed E-state index contributed by atoms with van der Waals surface area (Å²) in [5, 5.41) is 17.3. The van der Waals surface area contributed by atoms with Crippen molar-refractivity contribution >= 4 is 5.97 Å². The quantitative estimate of drug-likeness (QED) is 0.828. The molecular formula is C10H7F3N2O2. The van der Waals surface area contributed by atoms with E-state index in [1.54, 1.807) is 0 Å². The molecule has 0 aliphatic rings. The zero-order valence-corrected chi connectivity index (χ0v) is 8.32.